The molecule has 4 nitrogen and oxygen atoms in total. The minimum atomic E-state index is -4.44. The van der Waals surface area contributed by atoms with Crippen LogP contribution in [0, 0.1) is 11.3 Å². The lowest BCUT2D eigenvalue weighted by atomic mass is 10.1. The summed E-state index contributed by atoms with van der Waals surface area (Å²) in [5.41, 5.74) is 6.19. The summed E-state index contributed by atoms with van der Waals surface area (Å²) in [5, 5.41) is 12.0. The number of alkyl halides is 3. The molecule has 0 aliphatic carbocycles. The third-order valence-corrected chi connectivity index (χ3v) is 3.02. The van der Waals surface area contributed by atoms with Gasteiger partial charge in [0.05, 0.1) is 22.6 Å². The van der Waals surface area contributed by atoms with E-state index in [1.807, 2.05) is 13.0 Å². The number of nitrogens with two attached hydrogens (primary N) is 1. The zero-order valence-electron chi connectivity index (χ0n) is 11.7. The van der Waals surface area contributed by atoms with E-state index in [0.29, 0.717) is 12.2 Å². The average Bonchev–Trinajstić information content (AvgIpc) is 2.49. The third-order valence-electron chi connectivity index (χ3n) is 3.02. The van der Waals surface area contributed by atoms with Crippen molar-refractivity contribution >= 4 is 11.4 Å². The van der Waals surface area contributed by atoms with Crippen molar-refractivity contribution in [2.45, 2.75) is 13.1 Å². The molecular weight excluding hydrogens is 293 g/mol. The molecule has 1 aromatic heterocycles. The number of nitrogen functional groups attached to an aromatic ring is 1. The van der Waals surface area contributed by atoms with Crippen LogP contribution in [0.15, 0.2) is 30.3 Å². The SMILES string of the molecule is CCNc1cc(-c2cccc(C(F)(F)F)c2)nc(C#N)c1N. The highest BCUT2D eigenvalue weighted by molar-refractivity contribution is 5.77. The standard InChI is InChI=1S/C15H13F3N4/c1-2-21-12-7-11(22-13(8-19)14(12)20)9-4-3-5-10(6-9)15(16,17)18/h3-7H,2,20H2,1H3,(H,21,22). The Morgan fingerprint density at radius 2 is 2.05 bits per heavy atom. The third kappa shape index (κ3) is 3.11. The highest BCUT2D eigenvalue weighted by Crippen LogP contribution is 2.33. The van der Waals surface area contributed by atoms with E-state index in [1.165, 1.54) is 18.2 Å². The van der Waals surface area contributed by atoms with Crippen LogP contribution in [-0.2, 0) is 6.18 Å². The van der Waals surface area contributed by atoms with Crippen LogP contribution in [0.4, 0.5) is 24.5 Å². The molecule has 0 bridgehead atoms. The second-order valence-electron chi connectivity index (χ2n) is 4.54. The van der Waals surface area contributed by atoms with Gasteiger partial charge in [-0.25, -0.2) is 4.98 Å². The predicted octanol–water partition coefficient (Wildman–Crippen LogP) is 3.65. The molecule has 2 rings (SSSR count). The zero-order chi connectivity index (χ0) is 16.3. The molecule has 2 aromatic rings. The van der Waals surface area contributed by atoms with Crippen LogP contribution < -0.4 is 11.1 Å². The van der Waals surface area contributed by atoms with Crippen molar-refractivity contribution < 1.29 is 13.2 Å². The quantitative estimate of drug-likeness (QED) is 0.907. The van der Waals surface area contributed by atoms with Gasteiger partial charge in [0.15, 0.2) is 5.69 Å². The van der Waals surface area contributed by atoms with Crippen LogP contribution in [-0.4, -0.2) is 11.5 Å². The topological polar surface area (TPSA) is 74.7 Å². The molecule has 0 aliphatic rings. The predicted molar refractivity (Wildman–Crippen MR) is 78.0 cm³/mol. The van der Waals surface area contributed by atoms with Gasteiger partial charge in [0.25, 0.3) is 0 Å². The number of benzene rings is 1. The molecule has 22 heavy (non-hydrogen) atoms. The molecule has 0 saturated heterocycles. The molecule has 7 heteroatoms. The van der Waals surface area contributed by atoms with Gasteiger partial charge in [-0.05, 0) is 25.1 Å². The molecule has 1 aromatic carbocycles. The summed E-state index contributed by atoms with van der Waals surface area (Å²) < 4.78 is 38.4. The fraction of sp³-hybridized carbons (Fsp3) is 0.200. The number of aromatic nitrogens is 1. The van der Waals surface area contributed by atoms with Gasteiger partial charge in [0.2, 0.25) is 0 Å². The number of nitrogens with one attached hydrogen (secondary N) is 1. The van der Waals surface area contributed by atoms with Crippen molar-refractivity contribution in [2.24, 2.45) is 0 Å². The maximum absolute atomic E-state index is 12.8. The van der Waals surface area contributed by atoms with Crippen molar-refractivity contribution in [1.82, 2.24) is 4.98 Å². The molecule has 0 amide bonds. The number of rotatable bonds is 3. The van der Waals surface area contributed by atoms with E-state index in [4.69, 9.17) is 11.0 Å². The maximum Gasteiger partial charge on any atom is 0.416 e. The van der Waals surface area contributed by atoms with Gasteiger partial charge < -0.3 is 11.1 Å². The summed E-state index contributed by atoms with van der Waals surface area (Å²) in [5.74, 6) is 0. The normalized spacial score (nSPS) is 11.0. The Morgan fingerprint density at radius 3 is 2.64 bits per heavy atom. The van der Waals surface area contributed by atoms with Gasteiger partial charge in [0.1, 0.15) is 6.07 Å². The van der Waals surface area contributed by atoms with E-state index in [1.54, 1.807) is 0 Å². The first-order valence-corrected chi connectivity index (χ1v) is 6.49. The van der Waals surface area contributed by atoms with Crippen LogP contribution in [0.5, 0.6) is 0 Å². The first kappa shape index (κ1) is 15.6. The molecule has 0 radical (unpaired) electrons. The number of anilines is 2. The van der Waals surface area contributed by atoms with E-state index < -0.39 is 11.7 Å². The van der Waals surface area contributed by atoms with E-state index in [-0.39, 0.29) is 22.6 Å². The lowest BCUT2D eigenvalue weighted by Crippen LogP contribution is -2.06. The van der Waals surface area contributed by atoms with Crippen molar-refractivity contribution in [3.63, 3.8) is 0 Å². The Morgan fingerprint density at radius 1 is 1.32 bits per heavy atom. The van der Waals surface area contributed by atoms with Crippen LogP contribution in [0.3, 0.4) is 0 Å². The zero-order valence-corrected chi connectivity index (χ0v) is 11.7. The molecule has 0 spiro atoms. The second kappa shape index (κ2) is 5.93. The number of pyridine rings is 1. The minimum Gasteiger partial charge on any atom is -0.395 e. The van der Waals surface area contributed by atoms with Crippen LogP contribution >= 0.6 is 0 Å². The molecule has 1 heterocycles. The Hall–Kier alpha value is -2.75. The highest BCUT2D eigenvalue weighted by atomic mass is 19.4. The molecule has 3 N–H and O–H groups in total. The van der Waals surface area contributed by atoms with E-state index >= 15 is 0 Å². The second-order valence-corrected chi connectivity index (χ2v) is 4.54. The minimum absolute atomic E-state index is 0.0224. The van der Waals surface area contributed by atoms with Crippen molar-refractivity contribution in [3.05, 3.63) is 41.6 Å². The Bertz CT molecular complexity index is 733. The fourth-order valence-corrected chi connectivity index (χ4v) is 1.98. The fourth-order valence-electron chi connectivity index (χ4n) is 1.98. The van der Waals surface area contributed by atoms with Crippen molar-refractivity contribution in [2.75, 3.05) is 17.6 Å². The molecule has 0 fully saturated rings. The van der Waals surface area contributed by atoms with Crippen LogP contribution in [0.2, 0.25) is 0 Å². The molecule has 0 saturated carbocycles. The van der Waals surface area contributed by atoms with Gasteiger partial charge >= 0.3 is 6.18 Å². The number of hydrogen-bond donors (Lipinski definition) is 2. The molecular formula is C15H13F3N4. The Balaban J connectivity index is 2.58. The summed E-state index contributed by atoms with van der Waals surface area (Å²) in [7, 11) is 0. The van der Waals surface area contributed by atoms with Crippen molar-refractivity contribution in [3.8, 4) is 17.3 Å². The van der Waals surface area contributed by atoms with Gasteiger partial charge in [-0.15, -0.1) is 0 Å². The summed E-state index contributed by atoms with van der Waals surface area (Å²) in [6.45, 7) is 2.40. The average molecular weight is 306 g/mol. The van der Waals surface area contributed by atoms with E-state index in [9.17, 15) is 13.2 Å². The van der Waals surface area contributed by atoms with Gasteiger partial charge in [-0.1, -0.05) is 12.1 Å². The number of nitriles is 1. The lowest BCUT2D eigenvalue weighted by molar-refractivity contribution is -0.137. The van der Waals surface area contributed by atoms with E-state index in [2.05, 4.69) is 10.3 Å². The van der Waals surface area contributed by atoms with Crippen LogP contribution in [0.25, 0.3) is 11.3 Å². The highest BCUT2D eigenvalue weighted by Gasteiger charge is 2.30. The largest absolute Gasteiger partial charge is 0.416 e. The number of nitrogens with zero attached hydrogens (tertiary/aromatic N) is 2. The Labute approximate surface area is 125 Å². The summed E-state index contributed by atoms with van der Waals surface area (Å²) in [4.78, 5) is 4.03. The summed E-state index contributed by atoms with van der Waals surface area (Å²) in [6.07, 6.45) is -4.44. The van der Waals surface area contributed by atoms with Crippen molar-refractivity contribution in [1.29, 1.82) is 5.26 Å². The number of hydrogen-bond acceptors (Lipinski definition) is 4. The van der Waals surface area contributed by atoms with Gasteiger partial charge in [-0.3, -0.25) is 0 Å². The molecule has 114 valence electrons. The molecule has 0 aliphatic heterocycles. The van der Waals surface area contributed by atoms with Crippen LogP contribution in [0.1, 0.15) is 18.2 Å². The summed E-state index contributed by atoms with van der Waals surface area (Å²) >= 11 is 0. The van der Waals surface area contributed by atoms with Gasteiger partial charge in [-0.2, -0.15) is 18.4 Å². The smallest absolute Gasteiger partial charge is 0.395 e. The first-order valence-electron chi connectivity index (χ1n) is 6.49. The summed E-state index contributed by atoms with van der Waals surface area (Å²) in [6, 6.07) is 8.17. The Kier molecular flexibility index (Phi) is 4.22. The van der Waals surface area contributed by atoms with E-state index in [0.717, 1.165) is 12.1 Å². The lowest BCUT2D eigenvalue weighted by Gasteiger charge is -2.12. The maximum atomic E-state index is 12.8. The molecule has 0 atom stereocenters. The monoisotopic (exact) mass is 306 g/mol. The number of halogens is 3. The molecule has 0 unspecified atom stereocenters. The van der Waals surface area contributed by atoms with Gasteiger partial charge in [0, 0.05) is 12.1 Å². The first-order chi connectivity index (χ1) is 10.4.